The molecular formula is C21H27F2N3. The second-order valence-corrected chi connectivity index (χ2v) is 7.43. The topological polar surface area (TPSA) is 42.1 Å². The van der Waals surface area contributed by atoms with E-state index >= 15 is 0 Å². The van der Waals surface area contributed by atoms with Crippen LogP contribution < -0.4 is 5.73 Å². The third-order valence-corrected chi connectivity index (χ3v) is 5.29. The number of pyridine rings is 1. The molecule has 5 heteroatoms. The largest absolute Gasteiger partial charge is 0.384 e. The van der Waals surface area contributed by atoms with Gasteiger partial charge in [0, 0.05) is 11.7 Å². The molecule has 3 nitrogen and oxygen atoms in total. The van der Waals surface area contributed by atoms with Crippen LogP contribution in [0.2, 0.25) is 0 Å². The first-order valence-corrected chi connectivity index (χ1v) is 9.32. The van der Waals surface area contributed by atoms with Crippen molar-refractivity contribution in [2.75, 3.05) is 19.3 Å². The number of aryl methyl sites for hydroxylation is 4. The summed E-state index contributed by atoms with van der Waals surface area (Å²) in [6, 6.07) is 7.43. The predicted molar refractivity (Wildman–Crippen MR) is 101 cm³/mol. The van der Waals surface area contributed by atoms with Crippen LogP contribution in [0.25, 0.3) is 0 Å². The van der Waals surface area contributed by atoms with E-state index in [1.807, 2.05) is 19.1 Å². The summed E-state index contributed by atoms with van der Waals surface area (Å²) in [5.41, 5.74) is 8.88. The molecular weight excluding hydrogens is 332 g/mol. The fraction of sp³-hybridized carbons (Fsp3) is 0.476. The van der Waals surface area contributed by atoms with E-state index in [0.29, 0.717) is 30.3 Å². The van der Waals surface area contributed by atoms with Gasteiger partial charge in [0.2, 0.25) is 0 Å². The molecule has 1 fully saturated rings. The van der Waals surface area contributed by atoms with Gasteiger partial charge >= 0.3 is 0 Å². The minimum absolute atomic E-state index is 0.413. The van der Waals surface area contributed by atoms with Gasteiger partial charge in [-0.3, -0.25) is 0 Å². The second-order valence-electron chi connectivity index (χ2n) is 7.43. The van der Waals surface area contributed by atoms with E-state index in [9.17, 15) is 8.78 Å². The van der Waals surface area contributed by atoms with E-state index < -0.39 is 11.6 Å². The molecule has 1 aliphatic heterocycles. The maximum Gasteiger partial charge on any atom is 0.162 e. The average molecular weight is 359 g/mol. The highest BCUT2D eigenvalue weighted by molar-refractivity contribution is 5.35. The fourth-order valence-corrected chi connectivity index (χ4v) is 3.87. The molecule has 1 aromatic carbocycles. The molecule has 0 unspecified atom stereocenters. The van der Waals surface area contributed by atoms with Crippen LogP contribution in [-0.2, 0) is 19.3 Å². The van der Waals surface area contributed by atoms with Crippen LogP contribution in [0.3, 0.4) is 0 Å². The number of nitrogens with zero attached hydrogens (tertiary/aromatic N) is 2. The highest BCUT2D eigenvalue weighted by atomic mass is 19.2. The van der Waals surface area contributed by atoms with Gasteiger partial charge in [-0.05, 0) is 93.9 Å². The number of likely N-dealkylation sites (tertiary alicyclic amines) is 1. The first kappa shape index (κ1) is 18.8. The zero-order chi connectivity index (χ0) is 18.7. The molecule has 1 aromatic heterocycles. The molecule has 3 rings (SSSR count). The van der Waals surface area contributed by atoms with Crippen LogP contribution in [0, 0.1) is 18.6 Å². The number of aromatic nitrogens is 1. The Bertz CT molecular complexity index is 756. The lowest BCUT2D eigenvalue weighted by molar-refractivity contribution is 0.296. The van der Waals surface area contributed by atoms with Crippen molar-refractivity contribution < 1.29 is 8.78 Å². The van der Waals surface area contributed by atoms with Crippen LogP contribution in [0.4, 0.5) is 14.6 Å². The Morgan fingerprint density at radius 2 is 1.96 bits per heavy atom. The Kier molecular flexibility index (Phi) is 5.87. The fourth-order valence-electron chi connectivity index (χ4n) is 3.87. The van der Waals surface area contributed by atoms with E-state index in [1.54, 1.807) is 6.07 Å². The molecule has 0 spiro atoms. The summed E-state index contributed by atoms with van der Waals surface area (Å²) < 4.78 is 28.3. The zero-order valence-electron chi connectivity index (χ0n) is 15.6. The number of rotatable bonds is 6. The smallest absolute Gasteiger partial charge is 0.162 e. The van der Waals surface area contributed by atoms with Gasteiger partial charge in [-0.15, -0.1) is 0 Å². The highest BCUT2D eigenvalue weighted by Crippen LogP contribution is 2.23. The molecule has 0 saturated carbocycles. The van der Waals surface area contributed by atoms with Gasteiger partial charge < -0.3 is 10.6 Å². The van der Waals surface area contributed by atoms with Crippen molar-refractivity contribution in [2.24, 2.45) is 0 Å². The zero-order valence-corrected chi connectivity index (χ0v) is 15.6. The third-order valence-electron chi connectivity index (χ3n) is 5.29. The highest BCUT2D eigenvalue weighted by Gasteiger charge is 2.21. The van der Waals surface area contributed by atoms with E-state index in [0.717, 1.165) is 36.2 Å². The van der Waals surface area contributed by atoms with Crippen molar-refractivity contribution in [2.45, 2.75) is 51.5 Å². The molecule has 2 heterocycles. The average Bonchev–Trinajstić information content (AvgIpc) is 2.99. The minimum atomic E-state index is -0.756. The van der Waals surface area contributed by atoms with E-state index in [2.05, 4.69) is 16.9 Å². The molecule has 26 heavy (non-hydrogen) atoms. The summed E-state index contributed by atoms with van der Waals surface area (Å²) in [5.74, 6) is -1.04. The summed E-state index contributed by atoms with van der Waals surface area (Å²) in [5, 5.41) is 0. The Balaban J connectivity index is 1.69. The molecule has 1 saturated heterocycles. The van der Waals surface area contributed by atoms with Crippen molar-refractivity contribution in [3.8, 4) is 0 Å². The molecule has 0 amide bonds. The first-order chi connectivity index (χ1) is 12.4. The van der Waals surface area contributed by atoms with Crippen molar-refractivity contribution >= 4 is 5.82 Å². The Morgan fingerprint density at radius 1 is 1.15 bits per heavy atom. The maximum atomic E-state index is 14.2. The maximum absolute atomic E-state index is 14.2. The molecule has 0 aliphatic carbocycles. The number of hydrogen-bond donors (Lipinski definition) is 1. The Morgan fingerprint density at radius 3 is 2.65 bits per heavy atom. The van der Waals surface area contributed by atoms with Crippen LogP contribution >= 0.6 is 0 Å². The molecule has 2 N–H and O–H groups in total. The van der Waals surface area contributed by atoms with Crippen LogP contribution in [0.1, 0.15) is 41.6 Å². The van der Waals surface area contributed by atoms with Gasteiger partial charge in [-0.2, -0.15) is 0 Å². The lowest BCUT2D eigenvalue weighted by Crippen LogP contribution is -2.25. The standard InChI is InChI=1S/C21H27F2N3/c1-14-10-17(25-20(24)11-14)7-6-16-12-15(13-19(22)21(16)23)5-8-18-4-3-9-26(18)2/h10-13,18H,3-9H2,1-2H3,(H2,24,25)/t18-/m0/s1. The van der Waals surface area contributed by atoms with Gasteiger partial charge in [0.1, 0.15) is 5.82 Å². The van der Waals surface area contributed by atoms with Crippen LogP contribution in [-0.4, -0.2) is 29.5 Å². The van der Waals surface area contributed by atoms with Crippen molar-refractivity contribution in [3.05, 3.63) is 58.3 Å². The SMILES string of the molecule is Cc1cc(N)nc(CCc2cc(CC[C@@H]3CCCN3C)cc(F)c2F)c1. The number of benzene rings is 1. The second kappa shape index (κ2) is 8.12. The number of nitrogen functional groups attached to an aromatic ring is 1. The van der Waals surface area contributed by atoms with Gasteiger partial charge in [0.25, 0.3) is 0 Å². The molecule has 140 valence electrons. The number of anilines is 1. The summed E-state index contributed by atoms with van der Waals surface area (Å²) in [4.78, 5) is 6.63. The normalized spacial score (nSPS) is 17.8. The van der Waals surface area contributed by atoms with Gasteiger partial charge in [0.05, 0.1) is 0 Å². The summed E-state index contributed by atoms with van der Waals surface area (Å²) in [6.45, 7) is 3.07. The lowest BCUT2D eigenvalue weighted by Gasteiger charge is -2.19. The van der Waals surface area contributed by atoms with Gasteiger partial charge in [-0.25, -0.2) is 13.8 Å². The molecule has 1 atom stereocenters. The minimum Gasteiger partial charge on any atom is -0.384 e. The monoisotopic (exact) mass is 359 g/mol. The Labute approximate surface area is 154 Å². The molecule has 0 radical (unpaired) electrons. The van der Waals surface area contributed by atoms with Crippen molar-refractivity contribution in [3.63, 3.8) is 0 Å². The number of nitrogens with two attached hydrogens (primary N) is 1. The van der Waals surface area contributed by atoms with Gasteiger partial charge in [-0.1, -0.05) is 6.07 Å². The number of hydrogen-bond acceptors (Lipinski definition) is 3. The van der Waals surface area contributed by atoms with E-state index in [1.165, 1.54) is 18.9 Å². The first-order valence-electron chi connectivity index (χ1n) is 9.32. The summed E-state index contributed by atoms with van der Waals surface area (Å²) in [6.07, 6.45) is 5.11. The Hall–Kier alpha value is -2.01. The molecule has 0 bridgehead atoms. The third kappa shape index (κ3) is 4.58. The summed E-state index contributed by atoms with van der Waals surface area (Å²) >= 11 is 0. The van der Waals surface area contributed by atoms with Crippen LogP contribution in [0.15, 0.2) is 24.3 Å². The van der Waals surface area contributed by atoms with Crippen molar-refractivity contribution in [1.82, 2.24) is 9.88 Å². The number of halogens is 2. The van der Waals surface area contributed by atoms with E-state index in [-0.39, 0.29) is 0 Å². The molecule has 2 aromatic rings. The lowest BCUT2D eigenvalue weighted by atomic mass is 9.99. The van der Waals surface area contributed by atoms with Crippen molar-refractivity contribution in [1.29, 1.82) is 0 Å². The predicted octanol–water partition coefficient (Wildman–Crippen LogP) is 4.06. The summed E-state index contributed by atoms with van der Waals surface area (Å²) in [7, 11) is 2.13. The quantitative estimate of drug-likeness (QED) is 0.846. The van der Waals surface area contributed by atoms with Gasteiger partial charge in [0.15, 0.2) is 11.6 Å². The van der Waals surface area contributed by atoms with Crippen LogP contribution in [0.5, 0.6) is 0 Å². The molecule has 1 aliphatic rings. The van der Waals surface area contributed by atoms with E-state index in [4.69, 9.17) is 5.73 Å².